The second-order valence-electron chi connectivity index (χ2n) is 3.33. The molecule has 0 aliphatic carbocycles. The summed E-state index contributed by atoms with van der Waals surface area (Å²) in [6, 6.07) is 7.49. The SMILES string of the molecule is O=C(Nc1ccccc1O)c1ccncc1F. The second kappa shape index (κ2) is 4.61. The number of para-hydroxylation sites is 2. The summed E-state index contributed by atoms with van der Waals surface area (Å²) in [5.74, 6) is -1.41. The highest BCUT2D eigenvalue weighted by Crippen LogP contribution is 2.22. The van der Waals surface area contributed by atoms with E-state index in [4.69, 9.17) is 0 Å². The van der Waals surface area contributed by atoms with Gasteiger partial charge in [-0.3, -0.25) is 9.78 Å². The molecular formula is C12H9FN2O2. The number of phenolic OH excluding ortho intramolecular Hbond substituents is 1. The third-order valence-electron chi connectivity index (χ3n) is 2.17. The van der Waals surface area contributed by atoms with Gasteiger partial charge >= 0.3 is 0 Å². The van der Waals surface area contributed by atoms with Crippen molar-refractivity contribution in [2.24, 2.45) is 0 Å². The topological polar surface area (TPSA) is 62.2 Å². The van der Waals surface area contributed by atoms with Crippen LogP contribution < -0.4 is 5.32 Å². The Morgan fingerprint density at radius 2 is 2.06 bits per heavy atom. The van der Waals surface area contributed by atoms with Crippen LogP contribution in [0.25, 0.3) is 0 Å². The number of carbonyl (C=O) groups excluding carboxylic acids is 1. The fourth-order valence-electron chi connectivity index (χ4n) is 1.33. The fourth-order valence-corrected chi connectivity index (χ4v) is 1.33. The maximum absolute atomic E-state index is 13.3. The molecule has 1 amide bonds. The Hall–Kier alpha value is -2.43. The Morgan fingerprint density at radius 3 is 2.76 bits per heavy atom. The number of pyridine rings is 1. The Balaban J connectivity index is 2.24. The van der Waals surface area contributed by atoms with Gasteiger partial charge in [0.25, 0.3) is 5.91 Å². The lowest BCUT2D eigenvalue weighted by molar-refractivity contribution is 0.102. The van der Waals surface area contributed by atoms with Crippen molar-refractivity contribution in [3.8, 4) is 5.75 Å². The van der Waals surface area contributed by atoms with Crippen molar-refractivity contribution in [2.45, 2.75) is 0 Å². The van der Waals surface area contributed by atoms with Crippen LogP contribution in [-0.2, 0) is 0 Å². The highest BCUT2D eigenvalue weighted by Gasteiger charge is 2.12. The van der Waals surface area contributed by atoms with Crippen LogP contribution in [0.3, 0.4) is 0 Å². The average molecular weight is 232 g/mol. The molecule has 0 bridgehead atoms. The molecule has 2 rings (SSSR count). The molecule has 0 spiro atoms. The van der Waals surface area contributed by atoms with Gasteiger partial charge in [0.05, 0.1) is 17.4 Å². The van der Waals surface area contributed by atoms with Crippen molar-refractivity contribution < 1.29 is 14.3 Å². The number of amides is 1. The summed E-state index contributed by atoms with van der Waals surface area (Å²) in [5.41, 5.74) is 0.108. The van der Waals surface area contributed by atoms with Gasteiger partial charge in [-0.05, 0) is 18.2 Å². The van der Waals surface area contributed by atoms with E-state index in [-0.39, 0.29) is 17.0 Å². The van der Waals surface area contributed by atoms with Gasteiger partial charge < -0.3 is 10.4 Å². The standard InChI is InChI=1S/C12H9FN2O2/c13-9-7-14-6-5-8(9)12(17)15-10-3-1-2-4-11(10)16/h1-7,16H,(H,15,17). The molecule has 17 heavy (non-hydrogen) atoms. The minimum atomic E-state index is -0.708. The van der Waals surface area contributed by atoms with Crippen molar-refractivity contribution in [3.05, 3.63) is 54.1 Å². The molecule has 5 heteroatoms. The highest BCUT2D eigenvalue weighted by molar-refractivity contribution is 6.05. The van der Waals surface area contributed by atoms with E-state index in [9.17, 15) is 14.3 Å². The molecule has 2 aromatic rings. The number of hydrogen-bond acceptors (Lipinski definition) is 3. The first-order valence-corrected chi connectivity index (χ1v) is 4.87. The van der Waals surface area contributed by atoms with Gasteiger partial charge in [-0.2, -0.15) is 0 Å². The van der Waals surface area contributed by atoms with Gasteiger partial charge in [0.15, 0.2) is 5.82 Å². The molecule has 2 N–H and O–H groups in total. The van der Waals surface area contributed by atoms with E-state index in [1.807, 2.05) is 0 Å². The van der Waals surface area contributed by atoms with Crippen molar-refractivity contribution in [3.63, 3.8) is 0 Å². The number of hydrogen-bond donors (Lipinski definition) is 2. The minimum absolute atomic E-state index is 0.0738. The molecular weight excluding hydrogens is 223 g/mol. The Bertz CT molecular complexity index is 558. The third kappa shape index (κ3) is 2.39. The number of aromatic hydroxyl groups is 1. The number of aromatic nitrogens is 1. The number of phenols is 1. The lowest BCUT2D eigenvalue weighted by atomic mass is 10.2. The second-order valence-corrected chi connectivity index (χ2v) is 3.33. The zero-order chi connectivity index (χ0) is 12.3. The molecule has 0 radical (unpaired) electrons. The molecule has 0 atom stereocenters. The molecule has 0 unspecified atom stereocenters. The molecule has 1 aromatic carbocycles. The number of carbonyl (C=O) groups is 1. The molecule has 0 aliphatic heterocycles. The number of nitrogens with one attached hydrogen (secondary N) is 1. The monoisotopic (exact) mass is 232 g/mol. The molecule has 0 aliphatic rings. The highest BCUT2D eigenvalue weighted by atomic mass is 19.1. The summed E-state index contributed by atoms with van der Waals surface area (Å²) < 4.78 is 13.3. The zero-order valence-electron chi connectivity index (χ0n) is 8.72. The molecule has 0 saturated carbocycles. The first-order valence-electron chi connectivity index (χ1n) is 4.87. The number of halogens is 1. The molecule has 4 nitrogen and oxygen atoms in total. The van der Waals surface area contributed by atoms with Crippen LogP contribution in [0, 0.1) is 5.82 Å². The predicted octanol–water partition coefficient (Wildman–Crippen LogP) is 2.18. The molecule has 0 saturated heterocycles. The van der Waals surface area contributed by atoms with Crippen LogP contribution >= 0.6 is 0 Å². The Kier molecular flexibility index (Phi) is 3.00. The number of anilines is 1. The van der Waals surface area contributed by atoms with Gasteiger partial charge in [0.1, 0.15) is 5.75 Å². The van der Waals surface area contributed by atoms with Gasteiger partial charge in [-0.1, -0.05) is 12.1 Å². The summed E-state index contributed by atoms with van der Waals surface area (Å²) in [6.07, 6.45) is 2.28. The van der Waals surface area contributed by atoms with Gasteiger partial charge in [0, 0.05) is 6.20 Å². The zero-order valence-corrected chi connectivity index (χ0v) is 8.72. The van der Waals surface area contributed by atoms with Crippen LogP contribution in [-0.4, -0.2) is 16.0 Å². The van der Waals surface area contributed by atoms with Crippen molar-refractivity contribution in [2.75, 3.05) is 5.32 Å². The maximum atomic E-state index is 13.3. The summed E-state index contributed by atoms with van der Waals surface area (Å²) in [4.78, 5) is 15.2. The first-order chi connectivity index (χ1) is 8.18. The molecule has 86 valence electrons. The van der Waals surface area contributed by atoms with E-state index < -0.39 is 11.7 Å². The minimum Gasteiger partial charge on any atom is -0.506 e. The number of benzene rings is 1. The number of nitrogens with zero attached hydrogens (tertiary/aromatic N) is 1. The van der Waals surface area contributed by atoms with Gasteiger partial charge in [-0.25, -0.2) is 4.39 Å². The van der Waals surface area contributed by atoms with Crippen molar-refractivity contribution in [1.82, 2.24) is 4.98 Å². The quantitative estimate of drug-likeness (QED) is 0.780. The van der Waals surface area contributed by atoms with Crippen LogP contribution in [0.15, 0.2) is 42.7 Å². The third-order valence-corrected chi connectivity index (χ3v) is 2.17. The molecule has 1 heterocycles. The van der Waals surface area contributed by atoms with Crippen molar-refractivity contribution >= 4 is 11.6 Å². The Morgan fingerprint density at radius 1 is 1.29 bits per heavy atom. The van der Waals surface area contributed by atoms with Crippen LogP contribution in [0.4, 0.5) is 10.1 Å². The summed E-state index contributed by atoms with van der Waals surface area (Å²) in [7, 11) is 0. The van der Waals surface area contributed by atoms with E-state index in [1.165, 1.54) is 24.4 Å². The maximum Gasteiger partial charge on any atom is 0.258 e. The van der Waals surface area contributed by atoms with E-state index in [0.29, 0.717) is 0 Å². The van der Waals surface area contributed by atoms with Crippen LogP contribution in [0.1, 0.15) is 10.4 Å². The first kappa shape index (κ1) is 11.1. The van der Waals surface area contributed by atoms with Gasteiger partial charge in [0.2, 0.25) is 0 Å². The van der Waals surface area contributed by atoms with Crippen LogP contribution in [0.5, 0.6) is 5.75 Å². The normalized spacial score (nSPS) is 9.94. The Labute approximate surface area is 96.7 Å². The molecule has 0 fully saturated rings. The van der Waals surface area contributed by atoms with Crippen molar-refractivity contribution in [1.29, 1.82) is 0 Å². The smallest absolute Gasteiger partial charge is 0.258 e. The van der Waals surface area contributed by atoms with E-state index in [2.05, 4.69) is 10.3 Å². The average Bonchev–Trinajstić information content (AvgIpc) is 2.32. The number of rotatable bonds is 2. The van der Waals surface area contributed by atoms with E-state index in [0.717, 1.165) is 6.20 Å². The summed E-state index contributed by atoms with van der Waals surface area (Å²) in [5, 5.41) is 11.9. The fraction of sp³-hybridized carbons (Fsp3) is 0. The lowest BCUT2D eigenvalue weighted by Crippen LogP contribution is -2.13. The summed E-state index contributed by atoms with van der Waals surface area (Å²) >= 11 is 0. The van der Waals surface area contributed by atoms with Crippen LogP contribution in [0.2, 0.25) is 0 Å². The van der Waals surface area contributed by atoms with E-state index >= 15 is 0 Å². The lowest BCUT2D eigenvalue weighted by Gasteiger charge is -2.07. The van der Waals surface area contributed by atoms with Gasteiger partial charge in [-0.15, -0.1) is 0 Å². The van der Waals surface area contributed by atoms with E-state index in [1.54, 1.807) is 12.1 Å². The predicted molar refractivity (Wildman–Crippen MR) is 60.3 cm³/mol. The largest absolute Gasteiger partial charge is 0.506 e. The molecule has 1 aromatic heterocycles. The summed E-state index contributed by atoms with van der Waals surface area (Å²) in [6.45, 7) is 0.